The second-order valence-corrected chi connectivity index (χ2v) is 4.36. The van der Waals surface area contributed by atoms with E-state index in [1.807, 2.05) is 13.0 Å². The SMILES string of the molecule is Cc1nccc(CNC(=O)c2cccc(C#CCN)c2)n1. The van der Waals surface area contributed by atoms with E-state index in [0.717, 1.165) is 11.3 Å². The molecule has 2 rings (SSSR count). The van der Waals surface area contributed by atoms with Crippen LogP contribution in [-0.2, 0) is 6.54 Å². The molecule has 3 N–H and O–H groups in total. The fourth-order valence-corrected chi connectivity index (χ4v) is 1.77. The maximum Gasteiger partial charge on any atom is 0.251 e. The van der Waals surface area contributed by atoms with Gasteiger partial charge in [0.1, 0.15) is 5.82 Å². The summed E-state index contributed by atoms with van der Waals surface area (Å²) in [7, 11) is 0. The molecule has 5 nitrogen and oxygen atoms in total. The van der Waals surface area contributed by atoms with Gasteiger partial charge in [-0.2, -0.15) is 0 Å². The highest BCUT2D eigenvalue weighted by atomic mass is 16.1. The van der Waals surface area contributed by atoms with E-state index in [0.29, 0.717) is 24.5 Å². The Labute approximate surface area is 123 Å². The molecule has 0 unspecified atom stereocenters. The van der Waals surface area contributed by atoms with Crippen LogP contribution in [0.15, 0.2) is 36.5 Å². The van der Waals surface area contributed by atoms with Gasteiger partial charge in [0.25, 0.3) is 5.91 Å². The molecular weight excluding hydrogens is 264 g/mol. The number of nitrogens with two attached hydrogens (primary N) is 1. The number of hydrogen-bond donors (Lipinski definition) is 2. The van der Waals surface area contributed by atoms with Crippen LogP contribution in [0.25, 0.3) is 0 Å². The maximum atomic E-state index is 12.1. The Balaban J connectivity index is 2.03. The molecule has 0 fully saturated rings. The van der Waals surface area contributed by atoms with E-state index in [-0.39, 0.29) is 5.91 Å². The quantitative estimate of drug-likeness (QED) is 0.823. The molecule has 0 aliphatic carbocycles. The molecule has 0 radical (unpaired) electrons. The average Bonchev–Trinajstić information content (AvgIpc) is 2.51. The van der Waals surface area contributed by atoms with Crippen molar-refractivity contribution in [3.8, 4) is 11.8 Å². The molecule has 1 aromatic heterocycles. The molecule has 0 saturated carbocycles. The van der Waals surface area contributed by atoms with Crippen LogP contribution >= 0.6 is 0 Å². The normalized spacial score (nSPS) is 9.62. The topological polar surface area (TPSA) is 80.9 Å². The number of nitrogens with one attached hydrogen (secondary N) is 1. The zero-order valence-electron chi connectivity index (χ0n) is 11.8. The van der Waals surface area contributed by atoms with Gasteiger partial charge in [0.15, 0.2) is 0 Å². The van der Waals surface area contributed by atoms with Gasteiger partial charge in [0.05, 0.1) is 18.8 Å². The van der Waals surface area contributed by atoms with Crippen molar-refractivity contribution in [2.75, 3.05) is 6.54 Å². The Morgan fingerprint density at radius 3 is 3.00 bits per heavy atom. The van der Waals surface area contributed by atoms with Gasteiger partial charge in [-0.25, -0.2) is 9.97 Å². The van der Waals surface area contributed by atoms with Crippen LogP contribution in [0, 0.1) is 18.8 Å². The second kappa shape index (κ2) is 7.17. The summed E-state index contributed by atoms with van der Waals surface area (Å²) >= 11 is 0. The lowest BCUT2D eigenvalue weighted by Gasteiger charge is -2.05. The number of aromatic nitrogens is 2. The number of carbonyl (C=O) groups is 1. The van der Waals surface area contributed by atoms with Crippen molar-refractivity contribution in [2.24, 2.45) is 5.73 Å². The predicted molar refractivity (Wildman–Crippen MR) is 80.3 cm³/mol. The van der Waals surface area contributed by atoms with Gasteiger partial charge >= 0.3 is 0 Å². The molecule has 2 aromatic rings. The summed E-state index contributed by atoms with van der Waals surface area (Å²) in [5.41, 5.74) is 7.44. The Morgan fingerprint density at radius 2 is 2.24 bits per heavy atom. The van der Waals surface area contributed by atoms with E-state index in [9.17, 15) is 4.79 Å². The first kappa shape index (κ1) is 14.7. The zero-order chi connectivity index (χ0) is 15.1. The van der Waals surface area contributed by atoms with Gasteiger partial charge in [-0.05, 0) is 31.2 Å². The number of carbonyl (C=O) groups excluding carboxylic acids is 1. The monoisotopic (exact) mass is 280 g/mol. The van der Waals surface area contributed by atoms with Crippen molar-refractivity contribution >= 4 is 5.91 Å². The van der Waals surface area contributed by atoms with E-state index in [1.54, 1.807) is 30.5 Å². The smallest absolute Gasteiger partial charge is 0.251 e. The van der Waals surface area contributed by atoms with Crippen LogP contribution in [0.1, 0.15) is 27.4 Å². The first-order valence-electron chi connectivity index (χ1n) is 6.55. The van der Waals surface area contributed by atoms with Gasteiger partial charge < -0.3 is 11.1 Å². The standard InChI is InChI=1S/C16H16N4O/c1-12-18-9-7-15(20-12)11-19-16(21)14-6-2-4-13(10-14)5-3-8-17/h2,4,6-7,9-10H,8,11,17H2,1H3,(H,19,21). The molecule has 1 amide bonds. The van der Waals surface area contributed by atoms with Gasteiger partial charge in [-0.3, -0.25) is 4.79 Å². The molecule has 21 heavy (non-hydrogen) atoms. The van der Waals surface area contributed by atoms with Crippen molar-refractivity contribution in [2.45, 2.75) is 13.5 Å². The Bertz CT molecular complexity index is 701. The molecule has 0 aliphatic heterocycles. The first-order valence-corrected chi connectivity index (χ1v) is 6.55. The summed E-state index contributed by atoms with van der Waals surface area (Å²) in [6.45, 7) is 2.47. The average molecular weight is 280 g/mol. The molecular formula is C16H16N4O. The van der Waals surface area contributed by atoms with Crippen molar-refractivity contribution in [3.05, 3.63) is 59.2 Å². The third-order valence-electron chi connectivity index (χ3n) is 2.72. The maximum absolute atomic E-state index is 12.1. The zero-order valence-corrected chi connectivity index (χ0v) is 11.8. The van der Waals surface area contributed by atoms with E-state index < -0.39 is 0 Å². The van der Waals surface area contributed by atoms with E-state index in [2.05, 4.69) is 27.1 Å². The van der Waals surface area contributed by atoms with Gasteiger partial charge in [0.2, 0.25) is 0 Å². The molecule has 1 heterocycles. The van der Waals surface area contributed by atoms with Crippen LogP contribution < -0.4 is 11.1 Å². The lowest BCUT2D eigenvalue weighted by molar-refractivity contribution is 0.0950. The largest absolute Gasteiger partial charge is 0.346 e. The first-order chi connectivity index (χ1) is 10.2. The Kier molecular flexibility index (Phi) is 5.02. The van der Waals surface area contributed by atoms with Crippen molar-refractivity contribution in [1.29, 1.82) is 0 Å². The fourth-order valence-electron chi connectivity index (χ4n) is 1.77. The number of aryl methyl sites for hydroxylation is 1. The minimum Gasteiger partial charge on any atom is -0.346 e. The summed E-state index contributed by atoms with van der Waals surface area (Å²) in [5, 5.41) is 2.82. The number of benzene rings is 1. The third-order valence-corrected chi connectivity index (χ3v) is 2.72. The highest BCUT2D eigenvalue weighted by Crippen LogP contribution is 2.04. The van der Waals surface area contributed by atoms with Gasteiger partial charge in [0, 0.05) is 17.3 Å². The summed E-state index contributed by atoms with van der Waals surface area (Å²) in [6, 6.07) is 8.89. The van der Waals surface area contributed by atoms with Crippen molar-refractivity contribution in [1.82, 2.24) is 15.3 Å². The highest BCUT2D eigenvalue weighted by Gasteiger charge is 2.06. The molecule has 0 spiro atoms. The van der Waals surface area contributed by atoms with E-state index >= 15 is 0 Å². The number of amides is 1. The molecule has 5 heteroatoms. The second-order valence-electron chi connectivity index (χ2n) is 4.36. The fraction of sp³-hybridized carbons (Fsp3) is 0.188. The van der Waals surface area contributed by atoms with Crippen LogP contribution in [0.2, 0.25) is 0 Å². The van der Waals surface area contributed by atoms with E-state index in [4.69, 9.17) is 5.73 Å². The molecule has 0 saturated heterocycles. The summed E-state index contributed by atoms with van der Waals surface area (Å²) in [6.07, 6.45) is 1.67. The lowest BCUT2D eigenvalue weighted by atomic mass is 10.1. The number of rotatable bonds is 3. The number of hydrogen-bond acceptors (Lipinski definition) is 4. The number of nitrogens with zero attached hydrogens (tertiary/aromatic N) is 2. The van der Waals surface area contributed by atoms with Crippen molar-refractivity contribution < 1.29 is 4.79 Å². The van der Waals surface area contributed by atoms with Gasteiger partial charge in [-0.15, -0.1) is 0 Å². The van der Waals surface area contributed by atoms with E-state index in [1.165, 1.54) is 0 Å². The Hall–Kier alpha value is -2.71. The van der Waals surface area contributed by atoms with Crippen LogP contribution in [0.3, 0.4) is 0 Å². The molecule has 1 aromatic carbocycles. The van der Waals surface area contributed by atoms with Crippen molar-refractivity contribution in [3.63, 3.8) is 0 Å². The van der Waals surface area contributed by atoms with Crippen LogP contribution in [-0.4, -0.2) is 22.4 Å². The predicted octanol–water partition coefficient (Wildman–Crippen LogP) is 1.03. The lowest BCUT2D eigenvalue weighted by Crippen LogP contribution is -2.23. The minimum atomic E-state index is -0.164. The van der Waals surface area contributed by atoms with Crippen LogP contribution in [0.5, 0.6) is 0 Å². The van der Waals surface area contributed by atoms with Crippen LogP contribution in [0.4, 0.5) is 0 Å². The molecule has 0 bridgehead atoms. The summed E-state index contributed by atoms with van der Waals surface area (Å²) in [5.74, 6) is 6.19. The molecule has 0 aliphatic rings. The Morgan fingerprint density at radius 1 is 1.38 bits per heavy atom. The summed E-state index contributed by atoms with van der Waals surface area (Å²) in [4.78, 5) is 20.4. The molecule has 106 valence electrons. The highest BCUT2D eigenvalue weighted by molar-refractivity contribution is 5.94. The van der Waals surface area contributed by atoms with Gasteiger partial charge in [-0.1, -0.05) is 17.9 Å². The summed E-state index contributed by atoms with van der Waals surface area (Å²) < 4.78 is 0. The molecule has 0 atom stereocenters. The third kappa shape index (κ3) is 4.41. The minimum absolute atomic E-state index is 0.164.